The zero-order chi connectivity index (χ0) is 15.8. The maximum atomic E-state index is 12.0. The van der Waals surface area contributed by atoms with Gasteiger partial charge in [-0.2, -0.15) is 0 Å². The lowest BCUT2D eigenvalue weighted by Gasteiger charge is -2.06. The zero-order valence-electron chi connectivity index (χ0n) is 12.7. The highest BCUT2D eigenvalue weighted by Gasteiger charge is 2.29. The lowest BCUT2D eigenvalue weighted by molar-refractivity contribution is 0.0943. The van der Waals surface area contributed by atoms with Gasteiger partial charge in [0.05, 0.1) is 12.0 Å². The maximum Gasteiger partial charge on any atom is 0.273 e. The number of nitrogens with one attached hydrogen (secondary N) is 1. The van der Waals surface area contributed by atoms with E-state index in [1.807, 2.05) is 0 Å². The number of carbonyl (C=O) groups is 1. The molecule has 2 aromatic heterocycles. The Hall–Kier alpha value is -2.44. The fourth-order valence-electron chi connectivity index (χ4n) is 2.55. The molecule has 7 heteroatoms. The standard InChI is InChI=1S/C16H18N4O3/c21-15-8-12(10-1-2-10)18-9-20(15)6-5-17-16(22)13-7-14(23-19-13)11-3-4-11/h7-11H,1-6H2,(H,17,22). The molecule has 1 amide bonds. The Labute approximate surface area is 132 Å². The summed E-state index contributed by atoms with van der Waals surface area (Å²) in [6, 6.07) is 3.30. The number of hydrogen-bond acceptors (Lipinski definition) is 5. The zero-order valence-corrected chi connectivity index (χ0v) is 12.7. The Morgan fingerprint density at radius 3 is 2.74 bits per heavy atom. The van der Waals surface area contributed by atoms with Gasteiger partial charge in [0.2, 0.25) is 0 Å². The molecule has 0 unspecified atom stereocenters. The summed E-state index contributed by atoms with van der Waals surface area (Å²) in [4.78, 5) is 28.3. The van der Waals surface area contributed by atoms with E-state index in [1.165, 1.54) is 4.57 Å². The number of nitrogens with zero attached hydrogens (tertiary/aromatic N) is 3. The Morgan fingerprint density at radius 1 is 1.26 bits per heavy atom. The summed E-state index contributed by atoms with van der Waals surface area (Å²) in [6.07, 6.45) is 6.00. The van der Waals surface area contributed by atoms with Gasteiger partial charge in [0.15, 0.2) is 5.69 Å². The van der Waals surface area contributed by atoms with Crippen LogP contribution in [0.4, 0.5) is 0 Å². The van der Waals surface area contributed by atoms with Gasteiger partial charge in [-0.15, -0.1) is 0 Å². The third-order valence-electron chi connectivity index (χ3n) is 4.28. The van der Waals surface area contributed by atoms with Crippen molar-refractivity contribution in [2.75, 3.05) is 6.54 Å². The predicted molar refractivity (Wildman–Crippen MR) is 81.3 cm³/mol. The molecule has 0 atom stereocenters. The van der Waals surface area contributed by atoms with Gasteiger partial charge in [-0.05, 0) is 25.7 Å². The van der Waals surface area contributed by atoms with E-state index in [0.717, 1.165) is 37.1 Å². The van der Waals surface area contributed by atoms with E-state index in [9.17, 15) is 9.59 Å². The second-order valence-electron chi connectivity index (χ2n) is 6.26. The molecule has 0 spiro atoms. The normalized spacial score (nSPS) is 17.2. The summed E-state index contributed by atoms with van der Waals surface area (Å²) in [5.41, 5.74) is 1.10. The van der Waals surface area contributed by atoms with Crippen LogP contribution in [0.5, 0.6) is 0 Å². The van der Waals surface area contributed by atoms with Crippen LogP contribution in [0.3, 0.4) is 0 Å². The number of carbonyl (C=O) groups excluding carboxylic acids is 1. The monoisotopic (exact) mass is 314 g/mol. The molecule has 0 radical (unpaired) electrons. The summed E-state index contributed by atoms with van der Waals surface area (Å²) >= 11 is 0. The highest BCUT2D eigenvalue weighted by Crippen LogP contribution is 2.40. The topological polar surface area (TPSA) is 90.0 Å². The number of aromatic nitrogens is 3. The summed E-state index contributed by atoms with van der Waals surface area (Å²) in [5, 5.41) is 6.54. The predicted octanol–water partition coefficient (Wildman–Crippen LogP) is 1.42. The van der Waals surface area contributed by atoms with Crippen molar-refractivity contribution >= 4 is 5.91 Å². The van der Waals surface area contributed by atoms with E-state index >= 15 is 0 Å². The molecule has 0 saturated heterocycles. The van der Waals surface area contributed by atoms with Crippen molar-refractivity contribution in [1.82, 2.24) is 20.0 Å². The van der Waals surface area contributed by atoms with Crippen molar-refractivity contribution in [3.63, 3.8) is 0 Å². The second-order valence-corrected chi connectivity index (χ2v) is 6.26. The van der Waals surface area contributed by atoms with E-state index in [-0.39, 0.29) is 11.5 Å². The molecular weight excluding hydrogens is 296 g/mol. The van der Waals surface area contributed by atoms with E-state index < -0.39 is 0 Å². The molecule has 2 saturated carbocycles. The maximum absolute atomic E-state index is 12.0. The molecule has 4 rings (SSSR count). The van der Waals surface area contributed by atoms with Gasteiger partial charge in [0.1, 0.15) is 5.76 Å². The Bertz CT molecular complexity index is 787. The van der Waals surface area contributed by atoms with E-state index in [4.69, 9.17) is 4.52 Å². The first-order chi connectivity index (χ1) is 11.2. The second kappa shape index (κ2) is 5.64. The lowest BCUT2D eigenvalue weighted by Crippen LogP contribution is -2.31. The fourth-order valence-corrected chi connectivity index (χ4v) is 2.55. The average Bonchev–Trinajstić information content (AvgIpc) is 3.47. The molecule has 2 fully saturated rings. The number of rotatable bonds is 6. The first-order valence-electron chi connectivity index (χ1n) is 8.02. The molecule has 7 nitrogen and oxygen atoms in total. The molecule has 2 heterocycles. The van der Waals surface area contributed by atoms with Gasteiger partial charge in [0.25, 0.3) is 11.5 Å². The van der Waals surface area contributed by atoms with Crippen molar-refractivity contribution in [3.05, 3.63) is 46.0 Å². The minimum atomic E-state index is -0.281. The Balaban J connectivity index is 1.32. The van der Waals surface area contributed by atoms with Crippen LogP contribution in [0, 0.1) is 0 Å². The molecule has 1 N–H and O–H groups in total. The minimum Gasteiger partial charge on any atom is -0.360 e. The summed E-state index contributed by atoms with van der Waals surface area (Å²) in [6.45, 7) is 0.727. The van der Waals surface area contributed by atoms with Crippen LogP contribution in [0.2, 0.25) is 0 Å². The van der Waals surface area contributed by atoms with Crippen molar-refractivity contribution in [1.29, 1.82) is 0 Å². The van der Waals surface area contributed by atoms with Gasteiger partial charge < -0.3 is 9.84 Å². The van der Waals surface area contributed by atoms with Gasteiger partial charge in [-0.25, -0.2) is 4.98 Å². The third-order valence-corrected chi connectivity index (χ3v) is 4.28. The first-order valence-corrected chi connectivity index (χ1v) is 8.02. The quantitative estimate of drug-likeness (QED) is 0.871. The summed E-state index contributed by atoms with van der Waals surface area (Å²) < 4.78 is 6.66. The molecule has 0 aromatic carbocycles. The van der Waals surface area contributed by atoms with Gasteiger partial charge in [0, 0.05) is 37.1 Å². The van der Waals surface area contributed by atoms with E-state index in [0.29, 0.717) is 30.6 Å². The Morgan fingerprint density at radius 2 is 2.04 bits per heavy atom. The van der Waals surface area contributed by atoms with Crippen LogP contribution in [-0.4, -0.2) is 27.2 Å². The smallest absolute Gasteiger partial charge is 0.273 e. The summed E-state index contributed by atoms with van der Waals surface area (Å²) in [5.74, 6) is 1.39. The van der Waals surface area contributed by atoms with Crippen LogP contribution in [-0.2, 0) is 6.54 Å². The minimum absolute atomic E-state index is 0.0754. The first kappa shape index (κ1) is 14.2. The molecule has 0 bridgehead atoms. The Kier molecular flexibility index (Phi) is 3.48. The molecule has 2 aliphatic carbocycles. The van der Waals surface area contributed by atoms with Crippen LogP contribution < -0.4 is 10.9 Å². The van der Waals surface area contributed by atoms with E-state index in [2.05, 4.69) is 15.5 Å². The molecule has 2 aliphatic rings. The van der Waals surface area contributed by atoms with Crippen LogP contribution in [0.1, 0.15) is 59.5 Å². The number of hydrogen-bond donors (Lipinski definition) is 1. The molecular formula is C16H18N4O3. The highest BCUT2D eigenvalue weighted by atomic mass is 16.5. The highest BCUT2D eigenvalue weighted by molar-refractivity contribution is 5.92. The van der Waals surface area contributed by atoms with Crippen LogP contribution >= 0.6 is 0 Å². The molecule has 2 aromatic rings. The summed E-state index contributed by atoms with van der Waals surface area (Å²) in [7, 11) is 0. The molecule has 0 aliphatic heterocycles. The third kappa shape index (κ3) is 3.18. The van der Waals surface area contributed by atoms with Crippen LogP contribution in [0.25, 0.3) is 0 Å². The average molecular weight is 314 g/mol. The number of amides is 1. The lowest BCUT2D eigenvalue weighted by atomic mass is 10.3. The van der Waals surface area contributed by atoms with Crippen molar-refractivity contribution < 1.29 is 9.32 Å². The van der Waals surface area contributed by atoms with Gasteiger partial charge in [-0.1, -0.05) is 5.16 Å². The van der Waals surface area contributed by atoms with Crippen molar-refractivity contribution in [2.24, 2.45) is 0 Å². The van der Waals surface area contributed by atoms with Crippen molar-refractivity contribution in [3.8, 4) is 0 Å². The van der Waals surface area contributed by atoms with Gasteiger partial charge >= 0.3 is 0 Å². The van der Waals surface area contributed by atoms with Gasteiger partial charge in [-0.3, -0.25) is 14.2 Å². The fraction of sp³-hybridized carbons (Fsp3) is 0.500. The van der Waals surface area contributed by atoms with E-state index in [1.54, 1.807) is 18.5 Å². The SMILES string of the molecule is O=C(NCCn1cnc(C2CC2)cc1=O)c1cc(C2CC2)on1. The molecule has 120 valence electrons. The molecule has 23 heavy (non-hydrogen) atoms. The van der Waals surface area contributed by atoms with Crippen molar-refractivity contribution in [2.45, 2.75) is 44.1 Å². The largest absolute Gasteiger partial charge is 0.360 e. The van der Waals surface area contributed by atoms with Crippen LogP contribution in [0.15, 0.2) is 27.8 Å².